The maximum Gasteiger partial charge on any atom is 0.255 e. The Morgan fingerprint density at radius 2 is 1.86 bits per heavy atom. The lowest BCUT2D eigenvalue weighted by atomic mass is 9.86. The van der Waals surface area contributed by atoms with E-state index in [2.05, 4.69) is 31.1 Å². The van der Waals surface area contributed by atoms with E-state index in [-0.39, 0.29) is 23.0 Å². The van der Waals surface area contributed by atoms with Gasteiger partial charge in [-0.1, -0.05) is 51.1 Å². The van der Waals surface area contributed by atoms with Crippen LogP contribution in [-0.2, 0) is 16.6 Å². The minimum atomic E-state index is -0.660. The van der Waals surface area contributed by atoms with E-state index in [1.165, 1.54) is 23.9 Å². The summed E-state index contributed by atoms with van der Waals surface area (Å²) in [5.41, 5.74) is 3.14. The normalized spacial score (nSPS) is 17.9. The average molecular weight is 492 g/mol. The number of hydrogen-bond donors (Lipinski definition) is 1. The molecule has 2 heterocycles. The largest absolute Gasteiger partial charge is 0.354 e. The fraction of sp³-hybridized carbons (Fsp3) is 0.321. The molecule has 1 fully saturated rings. The van der Waals surface area contributed by atoms with Crippen molar-refractivity contribution < 1.29 is 14.0 Å². The predicted octanol–water partition coefficient (Wildman–Crippen LogP) is 5.13. The van der Waals surface area contributed by atoms with Crippen molar-refractivity contribution in [3.05, 3.63) is 101 Å². The molecule has 3 aromatic rings. The first-order chi connectivity index (χ1) is 16.7. The number of nitrogens with one attached hydrogen (secondary N) is 1. The summed E-state index contributed by atoms with van der Waals surface area (Å²) in [4.78, 5) is 32.8. The lowest BCUT2D eigenvalue weighted by Crippen LogP contribution is -2.48. The Balaban J connectivity index is 1.56. The maximum atomic E-state index is 14.0. The Kier molecular flexibility index (Phi) is 7.55. The molecule has 4 rings (SSSR count). The number of amides is 2. The zero-order valence-corrected chi connectivity index (χ0v) is 21.0. The molecular formula is C28H30FN3O2S. The lowest BCUT2D eigenvalue weighted by molar-refractivity contribution is -0.124. The Morgan fingerprint density at radius 3 is 2.51 bits per heavy atom. The van der Waals surface area contributed by atoms with Crippen molar-refractivity contribution in [2.45, 2.75) is 44.0 Å². The lowest BCUT2D eigenvalue weighted by Gasteiger charge is -2.29. The van der Waals surface area contributed by atoms with Crippen LogP contribution in [0.1, 0.15) is 53.3 Å². The molecule has 0 radical (unpaired) electrons. The van der Waals surface area contributed by atoms with Crippen LogP contribution in [0.5, 0.6) is 0 Å². The van der Waals surface area contributed by atoms with Crippen molar-refractivity contribution in [1.82, 2.24) is 15.2 Å². The van der Waals surface area contributed by atoms with E-state index in [9.17, 15) is 14.0 Å². The van der Waals surface area contributed by atoms with Gasteiger partial charge in [0.15, 0.2) is 0 Å². The predicted molar refractivity (Wildman–Crippen MR) is 138 cm³/mol. The molecule has 182 valence electrons. The summed E-state index contributed by atoms with van der Waals surface area (Å²) in [5, 5.41) is 2.51. The zero-order chi connectivity index (χ0) is 25.0. The van der Waals surface area contributed by atoms with Crippen LogP contribution in [0.25, 0.3) is 0 Å². The molecule has 1 aliphatic rings. The van der Waals surface area contributed by atoms with E-state index in [1.54, 1.807) is 23.2 Å². The highest BCUT2D eigenvalue weighted by Crippen LogP contribution is 2.42. The van der Waals surface area contributed by atoms with Crippen LogP contribution in [0, 0.1) is 5.82 Å². The first-order valence-corrected chi connectivity index (χ1v) is 12.8. The number of thioether (sulfide) groups is 1. The second kappa shape index (κ2) is 10.6. The number of pyridine rings is 1. The summed E-state index contributed by atoms with van der Waals surface area (Å²) >= 11 is 1.47. The molecule has 2 unspecified atom stereocenters. The molecule has 5 nitrogen and oxygen atoms in total. The summed E-state index contributed by atoms with van der Waals surface area (Å²) in [6, 6.07) is 18.8. The molecular weight excluding hydrogens is 461 g/mol. The second-order valence-corrected chi connectivity index (χ2v) is 10.8. The summed E-state index contributed by atoms with van der Waals surface area (Å²) in [7, 11) is 0. The van der Waals surface area contributed by atoms with Crippen LogP contribution >= 0.6 is 11.8 Å². The van der Waals surface area contributed by atoms with Gasteiger partial charge in [-0.3, -0.25) is 14.6 Å². The highest BCUT2D eigenvalue weighted by Gasteiger charge is 2.42. The molecule has 0 spiro atoms. The standard InChI is InChI=1S/C28H30FN3O2S/c1-28(2,3)21-12-10-19(11-13-21)26(34)32-24(18-35-27(32)20-7-6-8-22(29)17-20)25(33)31-16-14-23-9-4-5-15-30-23/h4-13,15,17,24,27H,14,16,18H2,1-3H3,(H,31,33). The highest BCUT2D eigenvalue weighted by atomic mass is 32.2. The number of aromatic nitrogens is 1. The van der Waals surface area contributed by atoms with Crippen molar-refractivity contribution in [2.75, 3.05) is 12.3 Å². The van der Waals surface area contributed by atoms with Gasteiger partial charge in [-0.05, 0) is 52.9 Å². The summed E-state index contributed by atoms with van der Waals surface area (Å²) in [6.45, 7) is 6.77. The van der Waals surface area contributed by atoms with Gasteiger partial charge in [-0.25, -0.2) is 4.39 Å². The molecule has 1 saturated heterocycles. The summed E-state index contributed by atoms with van der Waals surface area (Å²) < 4.78 is 14.0. The van der Waals surface area contributed by atoms with Crippen LogP contribution in [0.3, 0.4) is 0 Å². The minimum absolute atomic E-state index is 0.0365. The number of rotatable bonds is 6. The Hall–Kier alpha value is -3.19. The molecule has 35 heavy (non-hydrogen) atoms. The van der Waals surface area contributed by atoms with Gasteiger partial charge in [-0.2, -0.15) is 0 Å². The topological polar surface area (TPSA) is 62.3 Å². The van der Waals surface area contributed by atoms with Gasteiger partial charge >= 0.3 is 0 Å². The molecule has 1 aromatic heterocycles. The van der Waals surface area contributed by atoms with Crippen LogP contribution in [0.4, 0.5) is 4.39 Å². The van der Waals surface area contributed by atoms with Gasteiger partial charge in [-0.15, -0.1) is 11.8 Å². The van der Waals surface area contributed by atoms with Gasteiger partial charge in [0.1, 0.15) is 17.2 Å². The van der Waals surface area contributed by atoms with Gasteiger partial charge < -0.3 is 10.2 Å². The van der Waals surface area contributed by atoms with E-state index in [1.807, 2.05) is 42.5 Å². The second-order valence-electron chi connectivity index (χ2n) is 9.66. The average Bonchev–Trinajstić information content (AvgIpc) is 3.29. The molecule has 0 saturated carbocycles. The number of carbonyl (C=O) groups excluding carboxylic acids is 2. The van der Waals surface area contributed by atoms with E-state index in [4.69, 9.17) is 0 Å². The van der Waals surface area contributed by atoms with Crippen molar-refractivity contribution in [1.29, 1.82) is 0 Å². The van der Waals surface area contributed by atoms with Crippen molar-refractivity contribution in [3.8, 4) is 0 Å². The molecule has 0 aliphatic carbocycles. The molecule has 7 heteroatoms. The fourth-order valence-corrected chi connectivity index (χ4v) is 5.53. The fourth-order valence-electron chi connectivity index (χ4n) is 4.11. The number of benzene rings is 2. The minimum Gasteiger partial charge on any atom is -0.354 e. The van der Waals surface area contributed by atoms with E-state index in [0.29, 0.717) is 29.8 Å². The molecule has 2 aromatic carbocycles. The van der Waals surface area contributed by atoms with Crippen LogP contribution < -0.4 is 5.32 Å². The maximum absolute atomic E-state index is 14.0. The molecule has 2 amide bonds. The Morgan fingerprint density at radius 1 is 1.09 bits per heavy atom. The molecule has 2 atom stereocenters. The van der Waals surface area contributed by atoms with Crippen molar-refractivity contribution in [3.63, 3.8) is 0 Å². The molecule has 1 aliphatic heterocycles. The van der Waals surface area contributed by atoms with Gasteiger partial charge in [0.25, 0.3) is 5.91 Å². The molecule has 1 N–H and O–H groups in total. The quantitative estimate of drug-likeness (QED) is 0.519. The number of carbonyl (C=O) groups is 2. The van der Waals surface area contributed by atoms with Crippen LogP contribution in [-0.4, -0.2) is 40.0 Å². The monoisotopic (exact) mass is 491 g/mol. The van der Waals surface area contributed by atoms with Crippen LogP contribution in [0.15, 0.2) is 72.9 Å². The van der Waals surface area contributed by atoms with Gasteiger partial charge in [0, 0.05) is 36.2 Å². The zero-order valence-electron chi connectivity index (χ0n) is 20.2. The van der Waals surface area contributed by atoms with Crippen molar-refractivity contribution in [2.24, 2.45) is 0 Å². The third kappa shape index (κ3) is 5.90. The third-order valence-electron chi connectivity index (χ3n) is 6.08. The van der Waals surface area contributed by atoms with Gasteiger partial charge in [0.2, 0.25) is 5.91 Å². The van der Waals surface area contributed by atoms with Crippen molar-refractivity contribution >= 4 is 23.6 Å². The number of nitrogens with zero attached hydrogens (tertiary/aromatic N) is 2. The third-order valence-corrected chi connectivity index (χ3v) is 7.40. The van der Waals surface area contributed by atoms with E-state index in [0.717, 1.165) is 11.3 Å². The Bertz CT molecular complexity index is 1180. The smallest absolute Gasteiger partial charge is 0.255 e. The summed E-state index contributed by atoms with van der Waals surface area (Å²) in [5.74, 6) is -0.391. The number of halogens is 1. The highest BCUT2D eigenvalue weighted by molar-refractivity contribution is 7.99. The van der Waals surface area contributed by atoms with Crippen LogP contribution in [0.2, 0.25) is 0 Å². The number of hydrogen-bond acceptors (Lipinski definition) is 4. The van der Waals surface area contributed by atoms with E-state index < -0.39 is 11.4 Å². The Labute approximate surface area is 210 Å². The van der Waals surface area contributed by atoms with E-state index >= 15 is 0 Å². The van der Waals surface area contributed by atoms with Gasteiger partial charge in [0.05, 0.1) is 0 Å². The summed E-state index contributed by atoms with van der Waals surface area (Å²) in [6.07, 6.45) is 2.32. The first-order valence-electron chi connectivity index (χ1n) is 11.7. The SMILES string of the molecule is CC(C)(C)c1ccc(C(=O)N2C(C(=O)NCCc3ccccn3)CSC2c2cccc(F)c2)cc1. The molecule has 0 bridgehead atoms. The first kappa shape index (κ1) is 24.9.